The van der Waals surface area contributed by atoms with Crippen LogP contribution in [0.2, 0.25) is 0 Å². The number of aryl methyl sites for hydroxylation is 1. The summed E-state index contributed by atoms with van der Waals surface area (Å²) in [6, 6.07) is 9.95. The first-order chi connectivity index (χ1) is 10.3. The van der Waals surface area contributed by atoms with Crippen molar-refractivity contribution in [2.45, 2.75) is 19.9 Å². The average molecular weight is 411 g/mol. The molecule has 0 saturated heterocycles. The van der Waals surface area contributed by atoms with Gasteiger partial charge in [-0.3, -0.25) is 15.0 Å². The fourth-order valence-electron chi connectivity index (χ4n) is 1.95. The molecule has 2 N–H and O–H groups in total. The van der Waals surface area contributed by atoms with Crippen molar-refractivity contribution in [1.29, 1.82) is 0 Å². The van der Waals surface area contributed by atoms with E-state index in [4.69, 9.17) is 0 Å². The maximum atomic E-state index is 4.36. The highest BCUT2D eigenvalue weighted by Gasteiger charge is 2.01. The Bertz CT molecular complexity index is 586. The number of nitrogens with zero attached hydrogens (tertiary/aromatic N) is 3. The van der Waals surface area contributed by atoms with Crippen LogP contribution in [-0.2, 0) is 13.0 Å². The molecule has 0 spiro atoms. The zero-order valence-corrected chi connectivity index (χ0v) is 15.2. The summed E-state index contributed by atoms with van der Waals surface area (Å²) < 4.78 is 0. The first-order valence-electron chi connectivity index (χ1n) is 7.04. The van der Waals surface area contributed by atoms with Gasteiger partial charge in [0.05, 0.1) is 12.2 Å². The normalized spacial score (nSPS) is 10.7. The van der Waals surface area contributed by atoms with Crippen LogP contribution in [0.1, 0.15) is 17.0 Å². The number of rotatable bonds is 5. The zero-order chi connectivity index (χ0) is 14.9. The van der Waals surface area contributed by atoms with Gasteiger partial charge in [-0.2, -0.15) is 0 Å². The van der Waals surface area contributed by atoms with Crippen molar-refractivity contribution in [3.8, 4) is 0 Å². The smallest absolute Gasteiger partial charge is 0.191 e. The van der Waals surface area contributed by atoms with Gasteiger partial charge in [0.2, 0.25) is 0 Å². The number of nitrogens with one attached hydrogen (secondary N) is 2. The first-order valence-corrected chi connectivity index (χ1v) is 7.04. The number of pyridine rings is 2. The quantitative estimate of drug-likeness (QED) is 0.451. The van der Waals surface area contributed by atoms with E-state index in [-0.39, 0.29) is 24.0 Å². The largest absolute Gasteiger partial charge is 0.356 e. The molecule has 0 bridgehead atoms. The fourth-order valence-corrected chi connectivity index (χ4v) is 1.95. The Kier molecular flexibility index (Phi) is 8.42. The van der Waals surface area contributed by atoms with Crippen LogP contribution >= 0.6 is 24.0 Å². The Morgan fingerprint density at radius 2 is 1.91 bits per heavy atom. The molecule has 118 valence electrons. The molecule has 0 aromatic carbocycles. The molecule has 6 heteroatoms. The van der Waals surface area contributed by atoms with E-state index in [9.17, 15) is 0 Å². The van der Waals surface area contributed by atoms with E-state index < -0.39 is 0 Å². The second-order valence-electron chi connectivity index (χ2n) is 4.69. The van der Waals surface area contributed by atoms with Gasteiger partial charge in [-0.25, -0.2) is 0 Å². The molecule has 0 aliphatic rings. The van der Waals surface area contributed by atoms with E-state index in [2.05, 4.69) is 38.6 Å². The molecule has 2 heterocycles. The summed E-state index contributed by atoms with van der Waals surface area (Å²) in [6.45, 7) is 3.51. The van der Waals surface area contributed by atoms with Crippen molar-refractivity contribution in [3.63, 3.8) is 0 Å². The molecule has 5 nitrogen and oxygen atoms in total. The lowest BCUT2D eigenvalue weighted by Gasteiger charge is -2.12. The van der Waals surface area contributed by atoms with Gasteiger partial charge in [0.15, 0.2) is 5.96 Å². The van der Waals surface area contributed by atoms with Gasteiger partial charge in [-0.05, 0) is 30.7 Å². The Labute approximate surface area is 148 Å². The van der Waals surface area contributed by atoms with Crippen LogP contribution in [0.25, 0.3) is 0 Å². The van der Waals surface area contributed by atoms with E-state index in [1.54, 1.807) is 13.2 Å². The standard InChI is InChI=1S/C16H21N5.HI/c1-13-6-5-10-19-15(13)12-21-16(17-2)20-11-8-14-7-3-4-9-18-14;/h3-7,9-10H,8,11-12H2,1-2H3,(H2,17,20,21);1H. The van der Waals surface area contributed by atoms with Crippen LogP contribution in [0.5, 0.6) is 0 Å². The molecule has 0 amide bonds. The van der Waals surface area contributed by atoms with E-state index >= 15 is 0 Å². The monoisotopic (exact) mass is 411 g/mol. The van der Waals surface area contributed by atoms with Crippen molar-refractivity contribution in [3.05, 3.63) is 59.7 Å². The highest BCUT2D eigenvalue weighted by Crippen LogP contribution is 2.01. The topological polar surface area (TPSA) is 62.2 Å². The van der Waals surface area contributed by atoms with Gasteiger partial charge in [0.1, 0.15) is 0 Å². The van der Waals surface area contributed by atoms with Crippen molar-refractivity contribution in [2.24, 2.45) is 4.99 Å². The third-order valence-corrected chi connectivity index (χ3v) is 3.16. The molecular weight excluding hydrogens is 389 g/mol. The SMILES string of the molecule is CN=C(NCCc1ccccn1)NCc1ncccc1C.I. The number of aromatic nitrogens is 2. The predicted molar refractivity (Wildman–Crippen MR) is 101 cm³/mol. The van der Waals surface area contributed by atoms with Crippen LogP contribution < -0.4 is 10.6 Å². The van der Waals surface area contributed by atoms with E-state index in [1.165, 1.54) is 5.56 Å². The van der Waals surface area contributed by atoms with Crippen LogP contribution in [0.3, 0.4) is 0 Å². The third-order valence-electron chi connectivity index (χ3n) is 3.16. The highest BCUT2D eigenvalue weighted by atomic mass is 127. The van der Waals surface area contributed by atoms with Crippen molar-refractivity contribution in [2.75, 3.05) is 13.6 Å². The third kappa shape index (κ3) is 5.97. The van der Waals surface area contributed by atoms with Crippen LogP contribution in [0, 0.1) is 6.92 Å². The fraction of sp³-hybridized carbons (Fsp3) is 0.312. The molecule has 22 heavy (non-hydrogen) atoms. The van der Waals surface area contributed by atoms with Crippen molar-refractivity contribution in [1.82, 2.24) is 20.6 Å². The number of halogens is 1. The minimum atomic E-state index is 0. The summed E-state index contributed by atoms with van der Waals surface area (Å²) >= 11 is 0. The second kappa shape index (κ2) is 10.1. The highest BCUT2D eigenvalue weighted by molar-refractivity contribution is 14.0. The summed E-state index contributed by atoms with van der Waals surface area (Å²) in [5.74, 6) is 0.774. The maximum Gasteiger partial charge on any atom is 0.191 e. The predicted octanol–water partition coefficient (Wildman–Crippen LogP) is 2.31. The van der Waals surface area contributed by atoms with E-state index in [1.807, 2.05) is 30.5 Å². The molecular formula is C16H22IN5. The van der Waals surface area contributed by atoms with Crippen LogP contribution in [-0.4, -0.2) is 29.5 Å². The molecule has 2 aromatic rings. The zero-order valence-electron chi connectivity index (χ0n) is 12.9. The summed E-state index contributed by atoms with van der Waals surface area (Å²) in [6.07, 6.45) is 4.48. The van der Waals surface area contributed by atoms with Gasteiger partial charge in [-0.15, -0.1) is 24.0 Å². The molecule has 0 radical (unpaired) electrons. The van der Waals surface area contributed by atoms with Gasteiger partial charge < -0.3 is 10.6 Å². The van der Waals surface area contributed by atoms with Crippen LogP contribution in [0.15, 0.2) is 47.7 Å². The molecule has 2 rings (SSSR count). The summed E-state index contributed by atoms with van der Waals surface area (Å²) in [5.41, 5.74) is 3.28. The number of guanidine groups is 1. The molecule has 0 aliphatic heterocycles. The second-order valence-corrected chi connectivity index (χ2v) is 4.69. The average Bonchev–Trinajstić information content (AvgIpc) is 2.53. The lowest BCUT2D eigenvalue weighted by molar-refractivity contribution is 0.772. The lowest BCUT2D eigenvalue weighted by atomic mass is 10.2. The summed E-state index contributed by atoms with van der Waals surface area (Å²) in [5, 5.41) is 6.55. The van der Waals surface area contributed by atoms with Crippen LogP contribution in [0.4, 0.5) is 0 Å². The van der Waals surface area contributed by atoms with Crippen molar-refractivity contribution >= 4 is 29.9 Å². The van der Waals surface area contributed by atoms with E-state index in [0.717, 1.165) is 30.3 Å². The van der Waals surface area contributed by atoms with Gasteiger partial charge in [-0.1, -0.05) is 12.1 Å². The Morgan fingerprint density at radius 3 is 2.59 bits per heavy atom. The van der Waals surface area contributed by atoms with Gasteiger partial charge in [0.25, 0.3) is 0 Å². The minimum Gasteiger partial charge on any atom is -0.356 e. The number of aliphatic imine (C=N–C) groups is 1. The molecule has 0 fully saturated rings. The molecule has 0 atom stereocenters. The Hall–Kier alpha value is -1.70. The Balaban J connectivity index is 0.00000242. The lowest BCUT2D eigenvalue weighted by Crippen LogP contribution is -2.38. The maximum absolute atomic E-state index is 4.36. The molecule has 2 aromatic heterocycles. The first kappa shape index (κ1) is 18.3. The number of hydrogen-bond donors (Lipinski definition) is 2. The number of hydrogen-bond acceptors (Lipinski definition) is 3. The van der Waals surface area contributed by atoms with Gasteiger partial charge in [0, 0.05) is 38.1 Å². The molecule has 0 aliphatic carbocycles. The van der Waals surface area contributed by atoms with Gasteiger partial charge >= 0.3 is 0 Å². The summed E-state index contributed by atoms with van der Waals surface area (Å²) in [7, 11) is 1.77. The van der Waals surface area contributed by atoms with E-state index in [0.29, 0.717) is 6.54 Å². The molecule has 0 unspecified atom stereocenters. The minimum absolute atomic E-state index is 0. The molecule has 0 saturated carbocycles. The van der Waals surface area contributed by atoms with Crippen molar-refractivity contribution < 1.29 is 0 Å². The summed E-state index contributed by atoms with van der Waals surface area (Å²) in [4.78, 5) is 12.9. The Morgan fingerprint density at radius 1 is 1.09 bits per heavy atom.